The van der Waals surface area contributed by atoms with Crippen LogP contribution in [0, 0.1) is 6.92 Å². The van der Waals surface area contributed by atoms with Crippen molar-refractivity contribution in [2.75, 3.05) is 7.11 Å². The van der Waals surface area contributed by atoms with Crippen molar-refractivity contribution in [3.8, 4) is 23.1 Å². The first-order valence-corrected chi connectivity index (χ1v) is 13.8. The van der Waals surface area contributed by atoms with Crippen LogP contribution in [-0.4, -0.2) is 26.7 Å². The first-order valence-electron chi connectivity index (χ1n) is 13.8. The normalized spacial score (nSPS) is 14.1. The second kappa shape index (κ2) is 9.93. The number of methoxy groups -OCH3 is 1. The zero-order chi connectivity index (χ0) is 28.1. The van der Waals surface area contributed by atoms with E-state index in [0.29, 0.717) is 23.3 Å². The highest BCUT2D eigenvalue weighted by Crippen LogP contribution is 2.50. The maximum absolute atomic E-state index is 6.54. The Kier molecular flexibility index (Phi) is 6.07. The number of aryl methyl sites for hydroxylation is 1. The van der Waals surface area contributed by atoms with Crippen LogP contribution in [0.3, 0.4) is 0 Å². The lowest BCUT2D eigenvalue weighted by molar-refractivity contribution is 0.291. The predicted octanol–water partition coefficient (Wildman–Crippen LogP) is 7.58. The van der Waals surface area contributed by atoms with Gasteiger partial charge in [0.1, 0.15) is 30.2 Å². The molecule has 0 amide bonds. The Hall–Kier alpha value is -4.91. The molecule has 7 nitrogen and oxygen atoms in total. The van der Waals surface area contributed by atoms with Gasteiger partial charge >= 0.3 is 0 Å². The van der Waals surface area contributed by atoms with Crippen LogP contribution in [0.25, 0.3) is 16.4 Å². The molecule has 0 fully saturated rings. The number of benzene rings is 4. The third-order valence-corrected chi connectivity index (χ3v) is 7.74. The highest BCUT2D eigenvalue weighted by atomic mass is 16.5. The molecule has 7 heteroatoms. The van der Waals surface area contributed by atoms with Crippen LogP contribution in [0.2, 0.25) is 0 Å². The Balaban J connectivity index is 1.35. The van der Waals surface area contributed by atoms with Crippen molar-refractivity contribution < 1.29 is 14.2 Å². The van der Waals surface area contributed by atoms with Crippen molar-refractivity contribution in [2.24, 2.45) is 0 Å². The van der Waals surface area contributed by atoms with Crippen LogP contribution in [-0.2, 0) is 6.61 Å². The minimum Gasteiger partial charge on any atom is -0.497 e. The van der Waals surface area contributed by atoms with Crippen molar-refractivity contribution in [3.05, 3.63) is 119 Å². The molecule has 1 aliphatic rings. The summed E-state index contributed by atoms with van der Waals surface area (Å²) in [6, 6.07) is 27.0. The van der Waals surface area contributed by atoms with E-state index in [0.717, 1.165) is 55.8 Å². The largest absolute Gasteiger partial charge is 0.497 e. The monoisotopic (exact) mass is 542 g/mol. The van der Waals surface area contributed by atoms with E-state index in [4.69, 9.17) is 29.3 Å². The van der Waals surface area contributed by atoms with E-state index < -0.39 is 0 Å². The van der Waals surface area contributed by atoms with Crippen LogP contribution in [0.1, 0.15) is 59.3 Å². The lowest BCUT2D eigenvalue weighted by atomic mass is 9.83. The quantitative estimate of drug-likeness (QED) is 0.216. The summed E-state index contributed by atoms with van der Waals surface area (Å²) in [6.45, 7) is 6.64. The van der Waals surface area contributed by atoms with Crippen molar-refractivity contribution in [2.45, 2.75) is 39.2 Å². The van der Waals surface area contributed by atoms with E-state index in [9.17, 15) is 0 Å². The minimum atomic E-state index is -0.164. The van der Waals surface area contributed by atoms with Gasteiger partial charge < -0.3 is 14.2 Å². The third kappa shape index (κ3) is 4.34. The molecular weight excluding hydrogens is 512 g/mol. The van der Waals surface area contributed by atoms with Gasteiger partial charge in [0.05, 0.1) is 12.7 Å². The Morgan fingerprint density at radius 1 is 0.976 bits per heavy atom. The molecule has 204 valence electrons. The Bertz CT molecular complexity index is 1910. The second-order valence-corrected chi connectivity index (χ2v) is 10.8. The van der Waals surface area contributed by atoms with Gasteiger partial charge in [0.2, 0.25) is 5.88 Å². The maximum Gasteiger partial charge on any atom is 0.228 e. The molecule has 0 N–H and O–H groups in total. The second-order valence-electron chi connectivity index (χ2n) is 10.8. The number of aromatic nitrogens is 4. The topological polar surface area (TPSA) is 70.8 Å². The van der Waals surface area contributed by atoms with Gasteiger partial charge in [-0.05, 0) is 53.1 Å². The Labute approximate surface area is 238 Å². The molecule has 41 heavy (non-hydrogen) atoms. The summed E-state index contributed by atoms with van der Waals surface area (Å²) in [5, 5.41) is 6.90. The van der Waals surface area contributed by atoms with Gasteiger partial charge in [-0.2, -0.15) is 0 Å². The van der Waals surface area contributed by atoms with Gasteiger partial charge in [0.15, 0.2) is 11.5 Å². The summed E-state index contributed by atoms with van der Waals surface area (Å²) in [5.41, 5.74) is 6.02. The van der Waals surface area contributed by atoms with Crippen molar-refractivity contribution in [3.63, 3.8) is 0 Å². The third-order valence-electron chi connectivity index (χ3n) is 7.74. The van der Waals surface area contributed by atoms with Crippen LogP contribution in [0.4, 0.5) is 0 Å². The first-order chi connectivity index (χ1) is 20.0. The predicted molar refractivity (Wildman–Crippen MR) is 158 cm³/mol. The molecule has 0 aliphatic carbocycles. The SMILES string of the molecule is COc1ccc([C@@H]2c3ccc4ccccc4c3Oc3ncn4nc(COc5cc(C)ccc5C(C)C)nc4c32)cc1. The molecule has 0 radical (unpaired) electrons. The summed E-state index contributed by atoms with van der Waals surface area (Å²) in [5.74, 6) is 3.76. The Morgan fingerprint density at radius 2 is 1.80 bits per heavy atom. The maximum atomic E-state index is 6.54. The Morgan fingerprint density at radius 3 is 2.61 bits per heavy atom. The average Bonchev–Trinajstić information content (AvgIpc) is 3.42. The molecule has 0 saturated heterocycles. The number of hydrogen-bond donors (Lipinski definition) is 0. The lowest BCUT2D eigenvalue weighted by Gasteiger charge is -2.28. The fourth-order valence-corrected chi connectivity index (χ4v) is 5.68. The van der Waals surface area contributed by atoms with E-state index in [2.05, 4.69) is 75.4 Å². The first kappa shape index (κ1) is 25.1. The summed E-state index contributed by atoms with van der Waals surface area (Å²) in [7, 11) is 1.67. The highest BCUT2D eigenvalue weighted by Gasteiger charge is 2.34. The van der Waals surface area contributed by atoms with Gasteiger partial charge in [-0.25, -0.2) is 14.5 Å². The molecule has 0 bridgehead atoms. The lowest BCUT2D eigenvalue weighted by Crippen LogP contribution is -2.15. The zero-order valence-corrected chi connectivity index (χ0v) is 23.5. The van der Waals surface area contributed by atoms with E-state index in [1.165, 1.54) is 0 Å². The molecule has 2 aromatic heterocycles. The van der Waals surface area contributed by atoms with Crippen molar-refractivity contribution in [1.82, 2.24) is 19.6 Å². The van der Waals surface area contributed by atoms with Gasteiger partial charge in [0.25, 0.3) is 0 Å². The number of ether oxygens (including phenoxy) is 3. The van der Waals surface area contributed by atoms with Gasteiger partial charge in [-0.15, -0.1) is 5.10 Å². The summed E-state index contributed by atoms with van der Waals surface area (Å²) in [4.78, 5) is 9.68. The number of hydrogen-bond acceptors (Lipinski definition) is 6. The molecule has 0 unspecified atom stereocenters. The molecular formula is C34H30N4O3. The van der Waals surface area contributed by atoms with Crippen LogP contribution >= 0.6 is 0 Å². The molecule has 4 aromatic carbocycles. The molecule has 1 aliphatic heterocycles. The fourth-order valence-electron chi connectivity index (χ4n) is 5.68. The summed E-state index contributed by atoms with van der Waals surface area (Å²) in [6.07, 6.45) is 1.66. The molecule has 0 spiro atoms. The van der Waals surface area contributed by atoms with E-state index in [1.54, 1.807) is 18.0 Å². The smallest absolute Gasteiger partial charge is 0.228 e. The minimum absolute atomic E-state index is 0.164. The summed E-state index contributed by atoms with van der Waals surface area (Å²) >= 11 is 0. The molecule has 3 heterocycles. The molecule has 7 rings (SSSR count). The van der Waals surface area contributed by atoms with Crippen molar-refractivity contribution in [1.29, 1.82) is 0 Å². The van der Waals surface area contributed by atoms with Crippen molar-refractivity contribution >= 4 is 16.4 Å². The van der Waals surface area contributed by atoms with E-state index in [-0.39, 0.29) is 12.5 Å². The van der Waals surface area contributed by atoms with Gasteiger partial charge in [0, 0.05) is 16.9 Å². The van der Waals surface area contributed by atoms with Gasteiger partial charge in [-0.1, -0.05) is 74.5 Å². The van der Waals surface area contributed by atoms with E-state index >= 15 is 0 Å². The number of fused-ring (bicyclic) bond motifs is 6. The molecule has 0 saturated carbocycles. The molecule has 1 atom stereocenters. The molecule has 6 aromatic rings. The van der Waals surface area contributed by atoms with Crippen LogP contribution in [0.15, 0.2) is 85.2 Å². The number of nitrogens with zero attached hydrogens (tertiary/aromatic N) is 4. The standard InChI is InChI=1S/C34H30N4O3/c1-20(2)25-15-9-21(3)17-28(25)40-18-29-36-33-31-30(23-10-13-24(39-4)14-11-23)27-16-12-22-7-5-6-8-26(22)32(27)41-34(31)35-19-38(33)37-29/h5-17,19-20,30H,18H2,1-4H3/t30-/m1/s1. The highest BCUT2D eigenvalue weighted by molar-refractivity contribution is 5.91. The van der Waals surface area contributed by atoms with Gasteiger partial charge in [-0.3, -0.25) is 0 Å². The van der Waals surface area contributed by atoms with Crippen LogP contribution in [0.5, 0.6) is 23.1 Å². The number of rotatable bonds is 6. The van der Waals surface area contributed by atoms with Crippen LogP contribution < -0.4 is 14.2 Å². The van der Waals surface area contributed by atoms with E-state index in [1.807, 2.05) is 24.3 Å². The average molecular weight is 543 g/mol. The zero-order valence-electron chi connectivity index (χ0n) is 23.5. The summed E-state index contributed by atoms with van der Waals surface area (Å²) < 4.78 is 20.0. The fraction of sp³-hybridized carbons (Fsp3) is 0.206.